The van der Waals surface area contributed by atoms with Crippen molar-refractivity contribution in [3.8, 4) is 11.8 Å². The van der Waals surface area contributed by atoms with E-state index in [1.165, 1.54) is 23.2 Å². The lowest BCUT2D eigenvalue weighted by molar-refractivity contribution is -0.115. The number of thiazole rings is 1. The van der Waals surface area contributed by atoms with E-state index in [4.69, 9.17) is 4.74 Å². The number of amides is 1. The molecule has 0 N–H and O–H groups in total. The predicted molar refractivity (Wildman–Crippen MR) is 106 cm³/mol. The second-order valence-electron chi connectivity index (χ2n) is 5.49. The lowest BCUT2D eigenvalue weighted by atomic mass is 10.1. The Bertz CT molecular complexity index is 1000. The third-order valence-corrected chi connectivity index (χ3v) is 4.54. The molecule has 0 fully saturated rings. The number of carbonyl (C=O) groups is 1. The first-order valence-corrected chi connectivity index (χ1v) is 8.94. The van der Waals surface area contributed by atoms with E-state index in [9.17, 15) is 10.1 Å². The molecular formula is C20H16N4O2S. The molecule has 0 atom stereocenters. The van der Waals surface area contributed by atoms with Crippen molar-refractivity contribution in [2.45, 2.75) is 6.92 Å². The van der Waals surface area contributed by atoms with Crippen LogP contribution in [-0.2, 0) is 4.79 Å². The molecule has 2 aromatic heterocycles. The Morgan fingerprint density at radius 2 is 2.04 bits per heavy atom. The summed E-state index contributed by atoms with van der Waals surface area (Å²) in [6, 6.07) is 14.7. The highest BCUT2D eigenvalue weighted by Gasteiger charge is 2.18. The molecule has 2 heterocycles. The van der Waals surface area contributed by atoms with Crippen LogP contribution in [0.25, 0.3) is 11.6 Å². The van der Waals surface area contributed by atoms with Gasteiger partial charge in [-0.05, 0) is 42.5 Å². The normalized spacial score (nSPS) is 10.9. The van der Waals surface area contributed by atoms with E-state index in [2.05, 4.69) is 16.0 Å². The van der Waals surface area contributed by atoms with Crippen molar-refractivity contribution >= 4 is 39.7 Å². The van der Waals surface area contributed by atoms with Gasteiger partial charge >= 0.3 is 0 Å². The van der Waals surface area contributed by atoms with Gasteiger partial charge in [-0.15, -0.1) is 11.3 Å². The fourth-order valence-corrected chi connectivity index (χ4v) is 3.28. The second-order valence-corrected chi connectivity index (χ2v) is 6.33. The van der Waals surface area contributed by atoms with Gasteiger partial charge in [-0.2, -0.15) is 5.26 Å². The maximum atomic E-state index is 12.2. The van der Waals surface area contributed by atoms with Crippen molar-refractivity contribution in [2.75, 3.05) is 12.0 Å². The highest BCUT2D eigenvalue weighted by atomic mass is 32.1. The van der Waals surface area contributed by atoms with Gasteiger partial charge in [0.25, 0.3) is 0 Å². The Kier molecular flexibility index (Phi) is 5.59. The molecule has 0 unspecified atom stereocenters. The average Bonchev–Trinajstić information content (AvgIpc) is 3.15. The summed E-state index contributed by atoms with van der Waals surface area (Å²) < 4.78 is 5.16. The summed E-state index contributed by atoms with van der Waals surface area (Å²) >= 11 is 1.33. The number of anilines is 2. The van der Waals surface area contributed by atoms with E-state index >= 15 is 0 Å². The highest BCUT2D eigenvalue weighted by molar-refractivity contribution is 7.14. The fraction of sp³-hybridized carbons (Fsp3) is 0.100. The van der Waals surface area contributed by atoms with Crippen molar-refractivity contribution in [2.24, 2.45) is 0 Å². The first-order valence-electron chi connectivity index (χ1n) is 8.06. The number of benzene rings is 1. The Balaban J connectivity index is 1.93. The summed E-state index contributed by atoms with van der Waals surface area (Å²) in [4.78, 5) is 22.4. The summed E-state index contributed by atoms with van der Waals surface area (Å²) in [6.45, 7) is 1.48. The number of nitrogens with zero attached hydrogens (tertiary/aromatic N) is 4. The molecule has 0 saturated heterocycles. The summed E-state index contributed by atoms with van der Waals surface area (Å²) in [5.41, 5.74) is 2.27. The lowest BCUT2D eigenvalue weighted by Crippen LogP contribution is -2.22. The predicted octanol–water partition coefficient (Wildman–Crippen LogP) is 4.30. The van der Waals surface area contributed by atoms with Crippen LogP contribution in [0.15, 0.2) is 54.0 Å². The molecule has 27 heavy (non-hydrogen) atoms. The maximum Gasteiger partial charge on any atom is 0.230 e. The van der Waals surface area contributed by atoms with Gasteiger partial charge in [0, 0.05) is 18.5 Å². The quantitative estimate of drug-likeness (QED) is 0.621. The molecule has 1 aromatic carbocycles. The SMILES string of the molecule is COc1ccc(N(C(C)=O)c2nc(/C=C(\C#N)c3ccccn3)cs2)cc1. The van der Waals surface area contributed by atoms with Gasteiger partial charge in [-0.1, -0.05) is 6.07 Å². The van der Waals surface area contributed by atoms with E-state index in [-0.39, 0.29) is 5.91 Å². The van der Waals surface area contributed by atoms with E-state index < -0.39 is 0 Å². The number of pyridine rings is 1. The smallest absolute Gasteiger partial charge is 0.230 e. The molecule has 134 valence electrons. The number of methoxy groups -OCH3 is 1. The van der Waals surface area contributed by atoms with Crippen LogP contribution < -0.4 is 9.64 Å². The van der Waals surface area contributed by atoms with Gasteiger partial charge in [-0.3, -0.25) is 14.7 Å². The van der Waals surface area contributed by atoms with Gasteiger partial charge in [0.1, 0.15) is 11.8 Å². The van der Waals surface area contributed by atoms with Crippen molar-refractivity contribution in [3.63, 3.8) is 0 Å². The molecule has 0 radical (unpaired) electrons. The molecule has 0 aliphatic carbocycles. The largest absolute Gasteiger partial charge is 0.497 e. The Morgan fingerprint density at radius 3 is 2.63 bits per heavy atom. The first-order chi connectivity index (χ1) is 13.1. The van der Waals surface area contributed by atoms with E-state index in [0.717, 1.165) is 0 Å². The number of hydrogen-bond donors (Lipinski definition) is 0. The summed E-state index contributed by atoms with van der Waals surface area (Å²) in [7, 11) is 1.59. The molecule has 3 aromatic rings. The zero-order valence-corrected chi connectivity index (χ0v) is 15.6. The Labute approximate surface area is 161 Å². The summed E-state index contributed by atoms with van der Waals surface area (Å²) in [5, 5.41) is 11.7. The zero-order valence-electron chi connectivity index (χ0n) is 14.8. The molecule has 6 nitrogen and oxygen atoms in total. The second kappa shape index (κ2) is 8.25. The van der Waals surface area contributed by atoms with Gasteiger partial charge in [0.15, 0.2) is 5.13 Å². The first kappa shape index (κ1) is 18.3. The molecule has 0 aliphatic rings. The third-order valence-electron chi connectivity index (χ3n) is 3.70. The van der Waals surface area contributed by atoms with Crippen LogP contribution in [0.1, 0.15) is 18.3 Å². The van der Waals surface area contributed by atoms with Crippen LogP contribution in [0.2, 0.25) is 0 Å². The van der Waals surface area contributed by atoms with Crippen molar-refractivity contribution < 1.29 is 9.53 Å². The molecule has 7 heteroatoms. The van der Waals surface area contributed by atoms with E-state index in [0.29, 0.717) is 33.5 Å². The fourth-order valence-electron chi connectivity index (χ4n) is 2.44. The number of aromatic nitrogens is 2. The van der Waals surface area contributed by atoms with Crippen molar-refractivity contribution in [1.82, 2.24) is 9.97 Å². The Hall–Kier alpha value is -3.50. The van der Waals surface area contributed by atoms with Crippen LogP contribution >= 0.6 is 11.3 Å². The maximum absolute atomic E-state index is 12.2. The van der Waals surface area contributed by atoms with Crippen molar-refractivity contribution in [1.29, 1.82) is 5.26 Å². The minimum atomic E-state index is -0.157. The molecule has 0 aliphatic heterocycles. The minimum absolute atomic E-state index is 0.157. The van der Waals surface area contributed by atoms with E-state index in [1.54, 1.807) is 61.2 Å². The lowest BCUT2D eigenvalue weighted by Gasteiger charge is -2.18. The highest BCUT2D eigenvalue weighted by Crippen LogP contribution is 2.31. The third kappa shape index (κ3) is 4.19. The van der Waals surface area contributed by atoms with Gasteiger partial charge < -0.3 is 4.74 Å². The Morgan fingerprint density at radius 1 is 1.26 bits per heavy atom. The van der Waals surface area contributed by atoms with Crippen LogP contribution in [0.4, 0.5) is 10.8 Å². The molecule has 3 rings (SSSR count). The number of nitriles is 1. The molecule has 0 spiro atoms. The van der Waals surface area contributed by atoms with Gasteiger partial charge in [-0.25, -0.2) is 4.98 Å². The van der Waals surface area contributed by atoms with Crippen LogP contribution in [0.5, 0.6) is 5.75 Å². The standard InChI is InChI=1S/C20H16N4O2S/c1-14(25)24(17-6-8-18(26-2)9-7-17)20-23-16(13-27-20)11-15(12-21)19-5-3-4-10-22-19/h3-11,13H,1-2H3/b15-11+. The number of allylic oxidation sites excluding steroid dienone is 1. The molecular weight excluding hydrogens is 360 g/mol. The molecule has 1 amide bonds. The van der Waals surface area contributed by atoms with Crippen LogP contribution in [0.3, 0.4) is 0 Å². The van der Waals surface area contributed by atoms with Crippen LogP contribution in [-0.4, -0.2) is 23.0 Å². The van der Waals surface area contributed by atoms with Gasteiger partial charge in [0.2, 0.25) is 5.91 Å². The van der Waals surface area contributed by atoms with Gasteiger partial charge in [0.05, 0.1) is 29.8 Å². The number of carbonyl (C=O) groups excluding carboxylic acids is 1. The number of ether oxygens (including phenoxy) is 1. The summed E-state index contributed by atoms with van der Waals surface area (Å²) in [5.74, 6) is 0.550. The van der Waals surface area contributed by atoms with Crippen molar-refractivity contribution in [3.05, 3.63) is 65.4 Å². The number of rotatable bonds is 5. The topological polar surface area (TPSA) is 79.1 Å². The zero-order chi connectivity index (χ0) is 19.2. The van der Waals surface area contributed by atoms with E-state index in [1.807, 2.05) is 6.07 Å². The number of hydrogen-bond acceptors (Lipinski definition) is 6. The average molecular weight is 376 g/mol. The molecule has 0 saturated carbocycles. The summed E-state index contributed by atoms with van der Waals surface area (Å²) in [6.07, 6.45) is 3.29. The minimum Gasteiger partial charge on any atom is -0.497 e. The molecule has 0 bridgehead atoms. The van der Waals surface area contributed by atoms with Crippen LogP contribution in [0, 0.1) is 11.3 Å². The monoisotopic (exact) mass is 376 g/mol.